The Hall–Kier alpha value is -1.83. The largest absolute Gasteiger partial charge is 0.354 e. The summed E-state index contributed by atoms with van der Waals surface area (Å²) < 4.78 is 0. The Kier molecular flexibility index (Phi) is 4.23. The van der Waals surface area contributed by atoms with E-state index in [0.717, 1.165) is 14.9 Å². The maximum Gasteiger partial charge on any atom is 0.262 e. The van der Waals surface area contributed by atoms with Crippen molar-refractivity contribution in [2.45, 2.75) is 0 Å². The molecule has 0 bridgehead atoms. The van der Waals surface area contributed by atoms with Crippen molar-refractivity contribution >= 4 is 52.1 Å². The fraction of sp³-hybridized carbons (Fsp3) is 0.0714. The molecule has 0 atom stereocenters. The molecule has 0 saturated heterocycles. The van der Waals surface area contributed by atoms with Gasteiger partial charge < -0.3 is 5.32 Å². The molecule has 0 radical (unpaired) electrons. The van der Waals surface area contributed by atoms with Crippen LogP contribution in [0.5, 0.6) is 0 Å². The van der Waals surface area contributed by atoms with E-state index >= 15 is 0 Å². The molecule has 0 saturated carbocycles. The Morgan fingerprint density at radius 3 is 2.90 bits per heavy atom. The van der Waals surface area contributed by atoms with E-state index in [-0.39, 0.29) is 5.91 Å². The lowest BCUT2D eigenvalue weighted by molar-refractivity contribution is 0.0967. The van der Waals surface area contributed by atoms with Crippen LogP contribution in [0.4, 0.5) is 0 Å². The topological polar surface area (TPSA) is 54.9 Å². The van der Waals surface area contributed by atoms with Crippen LogP contribution in [-0.4, -0.2) is 22.9 Å². The molecular weight excluding hydrogens is 322 g/mol. The molecule has 4 nitrogen and oxygen atoms in total. The first-order valence-electron chi connectivity index (χ1n) is 6.12. The summed E-state index contributed by atoms with van der Waals surface area (Å²) >= 11 is 4.69. The van der Waals surface area contributed by atoms with Gasteiger partial charge in [0.05, 0.1) is 11.1 Å². The molecule has 3 aromatic rings. The highest BCUT2D eigenvalue weighted by molar-refractivity contribution is 7.21. The van der Waals surface area contributed by atoms with Crippen LogP contribution in [0.1, 0.15) is 19.6 Å². The van der Waals surface area contributed by atoms with Crippen LogP contribution in [-0.2, 0) is 0 Å². The van der Waals surface area contributed by atoms with Gasteiger partial charge in [0.1, 0.15) is 14.9 Å². The molecule has 21 heavy (non-hydrogen) atoms. The lowest BCUT2D eigenvalue weighted by Gasteiger charge is -1.90. The maximum atomic E-state index is 11.5. The summed E-state index contributed by atoms with van der Waals surface area (Å²) in [6.07, 6.45) is 7.32. The van der Waals surface area contributed by atoms with Crippen molar-refractivity contribution in [3.05, 3.63) is 44.7 Å². The van der Waals surface area contributed by atoms with Crippen LogP contribution in [0.25, 0.3) is 22.0 Å². The molecule has 3 aromatic heterocycles. The third kappa shape index (κ3) is 3.26. The standard InChI is InChI=1S/C14H11N3OS3/c1-15-13(18)11-8-16-12(21-11)5-4-9-7-17-14(20-9)10-3-2-6-19-10/h2-8H,1H3,(H,15,18). The maximum absolute atomic E-state index is 11.5. The van der Waals surface area contributed by atoms with Crippen molar-refractivity contribution in [3.63, 3.8) is 0 Å². The first-order valence-corrected chi connectivity index (χ1v) is 8.63. The third-order valence-electron chi connectivity index (χ3n) is 2.62. The minimum Gasteiger partial charge on any atom is -0.354 e. The molecule has 3 heterocycles. The molecule has 7 heteroatoms. The molecule has 3 rings (SSSR count). The summed E-state index contributed by atoms with van der Waals surface area (Å²) in [6, 6.07) is 4.08. The molecule has 0 aliphatic rings. The van der Waals surface area contributed by atoms with E-state index in [1.807, 2.05) is 29.8 Å². The first kappa shape index (κ1) is 14.1. The molecule has 106 valence electrons. The van der Waals surface area contributed by atoms with Crippen molar-refractivity contribution in [1.82, 2.24) is 15.3 Å². The fourth-order valence-electron chi connectivity index (χ4n) is 1.62. The molecule has 0 aromatic carbocycles. The van der Waals surface area contributed by atoms with Crippen LogP contribution in [0, 0.1) is 0 Å². The van der Waals surface area contributed by atoms with Gasteiger partial charge in [0.25, 0.3) is 5.91 Å². The average Bonchev–Trinajstić information content (AvgIpc) is 3.23. The smallest absolute Gasteiger partial charge is 0.262 e. The Morgan fingerprint density at radius 1 is 1.24 bits per heavy atom. The lowest BCUT2D eigenvalue weighted by atomic mass is 10.4. The highest BCUT2D eigenvalue weighted by Gasteiger charge is 2.07. The lowest BCUT2D eigenvalue weighted by Crippen LogP contribution is -2.16. The van der Waals surface area contributed by atoms with Crippen molar-refractivity contribution in [3.8, 4) is 9.88 Å². The quantitative estimate of drug-likeness (QED) is 0.789. The number of thiazole rings is 2. The zero-order valence-electron chi connectivity index (χ0n) is 11.1. The van der Waals surface area contributed by atoms with Gasteiger partial charge in [0.2, 0.25) is 0 Å². The van der Waals surface area contributed by atoms with E-state index in [1.165, 1.54) is 16.2 Å². The van der Waals surface area contributed by atoms with Crippen LogP contribution in [0.15, 0.2) is 29.9 Å². The van der Waals surface area contributed by atoms with Crippen molar-refractivity contribution < 1.29 is 4.79 Å². The number of aromatic nitrogens is 2. The van der Waals surface area contributed by atoms with E-state index in [2.05, 4.69) is 21.4 Å². The zero-order valence-corrected chi connectivity index (χ0v) is 13.5. The van der Waals surface area contributed by atoms with Gasteiger partial charge in [-0.2, -0.15) is 0 Å². The van der Waals surface area contributed by atoms with Crippen LogP contribution in [0.2, 0.25) is 0 Å². The summed E-state index contributed by atoms with van der Waals surface area (Å²) in [5.41, 5.74) is 0. The molecule has 0 aliphatic heterocycles. The Balaban J connectivity index is 1.74. The SMILES string of the molecule is CNC(=O)c1cnc(C=Cc2cnc(-c3cccs3)s2)s1. The number of rotatable bonds is 4. The number of thiophene rings is 1. The van der Waals surface area contributed by atoms with Crippen LogP contribution >= 0.6 is 34.0 Å². The van der Waals surface area contributed by atoms with E-state index in [1.54, 1.807) is 35.9 Å². The van der Waals surface area contributed by atoms with Gasteiger partial charge in [0.15, 0.2) is 0 Å². The average molecular weight is 333 g/mol. The second kappa shape index (κ2) is 6.30. The monoisotopic (exact) mass is 333 g/mol. The number of amides is 1. The molecule has 0 aliphatic carbocycles. The Morgan fingerprint density at radius 2 is 2.14 bits per heavy atom. The summed E-state index contributed by atoms with van der Waals surface area (Å²) in [5.74, 6) is -0.107. The molecule has 0 unspecified atom stereocenters. The molecule has 0 fully saturated rings. The van der Waals surface area contributed by atoms with Gasteiger partial charge in [-0.15, -0.1) is 34.0 Å². The Bertz CT molecular complexity index is 771. The molecule has 1 amide bonds. The van der Waals surface area contributed by atoms with E-state index < -0.39 is 0 Å². The van der Waals surface area contributed by atoms with Crippen molar-refractivity contribution in [2.24, 2.45) is 0 Å². The molecule has 0 spiro atoms. The van der Waals surface area contributed by atoms with E-state index in [4.69, 9.17) is 0 Å². The van der Waals surface area contributed by atoms with Crippen LogP contribution < -0.4 is 5.32 Å². The number of hydrogen-bond donors (Lipinski definition) is 1. The van der Waals surface area contributed by atoms with E-state index in [9.17, 15) is 4.79 Å². The minimum absolute atomic E-state index is 0.107. The number of nitrogens with one attached hydrogen (secondary N) is 1. The zero-order chi connectivity index (χ0) is 14.7. The second-order valence-electron chi connectivity index (χ2n) is 4.02. The highest BCUT2D eigenvalue weighted by atomic mass is 32.1. The summed E-state index contributed by atoms with van der Waals surface area (Å²) in [5, 5.41) is 6.46. The van der Waals surface area contributed by atoms with Gasteiger partial charge in [0, 0.05) is 18.1 Å². The second-order valence-corrected chi connectivity index (χ2v) is 7.09. The summed E-state index contributed by atoms with van der Waals surface area (Å²) in [4.78, 5) is 22.9. The predicted octanol–water partition coefficient (Wildman–Crippen LogP) is 3.86. The van der Waals surface area contributed by atoms with E-state index in [0.29, 0.717) is 4.88 Å². The minimum atomic E-state index is -0.107. The van der Waals surface area contributed by atoms with Gasteiger partial charge in [-0.3, -0.25) is 4.79 Å². The van der Waals surface area contributed by atoms with Gasteiger partial charge >= 0.3 is 0 Å². The van der Waals surface area contributed by atoms with Crippen LogP contribution in [0.3, 0.4) is 0 Å². The summed E-state index contributed by atoms with van der Waals surface area (Å²) in [6.45, 7) is 0. The molecule has 1 N–H and O–H groups in total. The van der Waals surface area contributed by atoms with Crippen molar-refractivity contribution in [2.75, 3.05) is 7.05 Å². The highest BCUT2D eigenvalue weighted by Crippen LogP contribution is 2.29. The Labute approximate surface area is 133 Å². The number of nitrogens with zero attached hydrogens (tertiary/aromatic N) is 2. The number of carbonyl (C=O) groups is 1. The summed E-state index contributed by atoms with van der Waals surface area (Å²) in [7, 11) is 1.61. The normalized spacial score (nSPS) is 11.1. The van der Waals surface area contributed by atoms with Gasteiger partial charge in [-0.05, 0) is 23.6 Å². The van der Waals surface area contributed by atoms with Gasteiger partial charge in [-0.25, -0.2) is 9.97 Å². The van der Waals surface area contributed by atoms with Crippen molar-refractivity contribution in [1.29, 1.82) is 0 Å². The first-order chi connectivity index (χ1) is 10.3. The predicted molar refractivity (Wildman–Crippen MR) is 89.9 cm³/mol. The third-order valence-corrected chi connectivity index (χ3v) is 5.58. The van der Waals surface area contributed by atoms with Gasteiger partial charge in [-0.1, -0.05) is 6.07 Å². The number of hydrogen-bond acceptors (Lipinski definition) is 6. The molecular formula is C14H11N3OS3. The number of carbonyl (C=O) groups excluding carboxylic acids is 1. The fourth-order valence-corrected chi connectivity index (χ4v) is 4.01.